The lowest BCUT2D eigenvalue weighted by Crippen LogP contribution is -2.06. The van der Waals surface area contributed by atoms with Crippen molar-refractivity contribution in [3.05, 3.63) is 42.2 Å². The highest BCUT2D eigenvalue weighted by atomic mass is 19.4. The zero-order valence-electron chi connectivity index (χ0n) is 7.38. The Morgan fingerprint density at radius 2 is 1.93 bits per heavy atom. The highest BCUT2D eigenvalue weighted by molar-refractivity contribution is 5.63. The molecule has 1 aromatic heterocycles. The second-order valence-corrected chi connectivity index (χ2v) is 2.87. The van der Waals surface area contributed by atoms with Gasteiger partial charge < -0.3 is 4.52 Å². The average molecular weight is 212 g/mol. The molecule has 1 heterocycles. The van der Waals surface area contributed by atoms with Gasteiger partial charge in [0.1, 0.15) is 5.69 Å². The fourth-order valence-electron chi connectivity index (χ4n) is 1.26. The summed E-state index contributed by atoms with van der Waals surface area (Å²) in [5, 5.41) is 3.43. The Hall–Kier alpha value is -1.78. The van der Waals surface area contributed by atoms with Gasteiger partial charge in [0.2, 0.25) is 6.26 Å². The summed E-state index contributed by atoms with van der Waals surface area (Å²) < 4.78 is 42.1. The van der Waals surface area contributed by atoms with Gasteiger partial charge >= 0.3 is 6.18 Å². The van der Waals surface area contributed by atoms with Crippen molar-refractivity contribution in [3.8, 4) is 11.3 Å². The fourth-order valence-corrected chi connectivity index (χ4v) is 1.26. The molecule has 0 aliphatic carbocycles. The molecule has 1 aromatic carbocycles. The van der Waals surface area contributed by atoms with Crippen LogP contribution < -0.4 is 0 Å². The number of alkyl halides is 3. The molecule has 77 valence electrons. The van der Waals surface area contributed by atoms with Gasteiger partial charge in [-0.25, -0.2) is 0 Å². The lowest BCUT2D eigenvalue weighted by atomic mass is 10.0. The number of hydrogen-bond donors (Lipinski definition) is 0. The molecule has 0 atom stereocenters. The standard InChI is InChI=1S/C10H5F3NO/c11-10(12,13)8-4-2-1-3-7(8)9-5-6-15-14-9/h1-5H. The maximum absolute atomic E-state index is 12.6. The zero-order chi connectivity index (χ0) is 10.9. The molecule has 5 heteroatoms. The molecule has 2 rings (SSSR count). The van der Waals surface area contributed by atoms with Gasteiger partial charge in [-0.2, -0.15) is 13.2 Å². The largest absolute Gasteiger partial charge is 0.417 e. The van der Waals surface area contributed by atoms with E-state index >= 15 is 0 Å². The summed E-state index contributed by atoms with van der Waals surface area (Å²) in [6, 6.07) is 6.46. The molecular weight excluding hydrogens is 207 g/mol. The van der Waals surface area contributed by atoms with Crippen LogP contribution in [-0.2, 0) is 6.18 Å². The molecule has 0 saturated carbocycles. The predicted octanol–water partition coefficient (Wildman–Crippen LogP) is 3.16. The van der Waals surface area contributed by atoms with Crippen molar-refractivity contribution in [1.82, 2.24) is 5.16 Å². The third kappa shape index (κ3) is 1.86. The number of rotatable bonds is 1. The van der Waals surface area contributed by atoms with Crippen molar-refractivity contribution in [2.45, 2.75) is 6.18 Å². The van der Waals surface area contributed by atoms with Crippen LogP contribution in [0.15, 0.2) is 34.9 Å². The average Bonchev–Trinajstić information content (AvgIpc) is 2.69. The Bertz CT molecular complexity index is 448. The SMILES string of the molecule is FC(F)(F)c1ccccc1-c1c[c]on1. The third-order valence-corrected chi connectivity index (χ3v) is 1.90. The van der Waals surface area contributed by atoms with Gasteiger partial charge in [-0.15, -0.1) is 0 Å². The lowest BCUT2D eigenvalue weighted by molar-refractivity contribution is -0.137. The molecular formula is C10H5F3NO. The summed E-state index contributed by atoms with van der Waals surface area (Å²) in [5.41, 5.74) is -0.606. The molecule has 1 radical (unpaired) electrons. The van der Waals surface area contributed by atoms with Gasteiger partial charge in [0.15, 0.2) is 0 Å². The van der Waals surface area contributed by atoms with E-state index in [0.29, 0.717) is 0 Å². The molecule has 0 aliphatic rings. The lowest BCUT2D eigenvalue weighted by Gasteiger charge is -2.09. The van der Waals surface area contributed by atoms with E-state index < -0.39 is 11.7 Å². The van der Waals surface area contributed by atoms with Crippen LogP contribution in [0.2, 0.25) is 0 Å². The molecule has 0 bridgehead atoms. The van der Waals surface area contributed by atoms with E-state index in [2.05, 4.69) is 15.9 Å². The van der Waals surface area contributed by atoms with Crippen LogP contribution in [0.25, 0.3) is 11.3 Å². The molecule has 2 aromatic rings. The van der Waals surface area contributed by atoms with E-state index in [1.54, 1.807) is 0 Å². The molecule has 0 saturated heterocycles. The van der Waals surface area contributed by atoms with Crippen molar-refractivity contribution in [2.75, 3.05) is 0 Å². The van der Waals surface area contributed by atoms with Crippen LogP contribution in [-0.4, -0.2) is 5.16 Å². The van der Waals surface area contributed by atoms with Gasteiger partial charge in [0.05, 0.1) is 5.56 Å². The van der Waals surface area contributed by atoms with Gasteiger partial charge in [-0.1, -0.05) is 23.4 Å². The Kier molecular flexibility index (Phi) is 2.22. The first-order valence-electron chi connectivity index (χ1n) is 4.08. The molecule has 0 unspecified atom stereocenters. The quantitative estimate of drug-likeness (QED) is 0.725. The van der Waals surface area contributed by atoms with E-state index in [-0.39, 0.29) is 11.3 Å². The number of nitrogens with zero attached hydrogens (tertiary/aromatic N) is 1. The predicted molar refractivity (Wildman–Crippen MR) is 45.8 cm³/mol. The third-order valence-electron chi connectivity index (χ3n) is 1.90. The van der Waals surface area contributed by atoms with Crippen LogP contribution in [0.1, 0.15) is 5.56 Å². The Morgan fingerprint density at radius 3 is 2.53 bits per heavy atom. The summed E-state index contributed by atoms with van der Waals surface area (Å²) in [6.45, 7) is 0. The van der Waals surface area contributed by atoms with Crippen molar-refractivity contribution in [1.29, 1.82) is 0 Å². The van der Waals surface area contributed by atoms with E-state index in [1.165, 1.54) is 24.3 Å². The highest BCUT2D eigenvalue weighted by Crippen LogP contribution is 2.35. The molecule has 2 nitrogen and oxygen atoms in total. The number of hydrogen-bond acceptors (Lipinski definition) is 2. The summed E-state index contributed by atoms with van der Waals surface area (Å²) >= 11 is 0. The maximum atomic E-state index is 12.6. The summed E-state index contributed by atoms with van der Waals surface area (Å²) in [6.07, 6.45) is -2.14. The highest BCUT2D eigenvalue weighted by Gasteiger charge is 2.33. The van der Waals surface area contributed by atoms with Gasteiger partial charge in [-0.05, 0) is 6.07 Å². The normalized spacial score (nSPS) is 11.7. The minimum Gasteiger partial charge on any atom is -0.352 e. The van der Waals surface area contributed by atoms with Crippen molar-refractivity contribution in [3.63, 3.8) is 0 Å². The van der Waals surface area contributed by atoms with E-state index in [9.17, 15) is 13.2 Å². The Balaban J connectivity index is 2.58. The first-order valence-corrected chi connectivity index (χ1v) is 4.08. The Morgan fingerprint density at radius 1 is 1.20 bits per heavy atom. The van der Waals surface area contributed by atoms with E-state index in [1.807, 2.05) is 0 Å². The zero-order valence-corrected chi connectivity index (χ0v) is 7.38. The number of aromatic nitrogens is 1. The summed E-state index contributed by atoms with van der Waals surface area (Å²) in [5.74, 6) is 0. The van der Waals surface area contributed by atoms with Crippen LogP contribution in [0.3, 0.4) is 0 Å². The van der Waals surface area contributed by atoms with E-state index in [4.69, 9.17) is 0 Å². The van der Waals surface area contributed by atoms with Gasteiger partial charge in [0.25, 0.3) is 0 Å². The number of halogens is 3. The molecule has 0 N–H and O–H groups in total. The van der Waals surface area contributed by atoms with Crippen molar-refractivity contribution in [2.24, 2.45) is 0 Å². The summed E-state index contributed by atoms with van der Waals surface area (Å²) in [4.78, 5) is 0. The van der Waals surface area contributed by atoms with Crippen molar-refractivity contribution >= 4 is 0 Å². The maximum Gasteiger partial charge on any atom is 0.417 e. The molecule has 15 heavy (non-hydrogen) atoms. The topological polar surface area (TPSA) is 26.0 Å². The molecule has 0 fully saturated rings. The first-order chi connectivity index (χ1) is 7.09. The van der Waals surface area contributed by atoms with Crippen LogP contribution >= 0.6 is 0 Å². The molecule has 0 amide bonds. The minimum absolute atomic E-state index is 0.00463. The second kappa shape index (κ2) is 3.42. The number of benzene rings is 1. The minimum atomic E-state index is -4.39. The fraction of sp³-hybridized carbons (Fsp3) is 0.100. The van der Waals surface area contributed by atoms with Gasteiger partial charge in [-0.3, -0.25) is 0 Å². The van der Waals surface area contributed by atoms with Crippen LogP contribution in [0, 0.1) is 6.26 Å². The van der Waals surface area contributed by atoms with Crippen LogP contribution in [0.5, 0.6) is 0 Å². The second-order valence-electron chi connectivity index (χ2n) is 2.87. The van der Waals surface area contributed by atoms with E-state index in [0.717, 1.165) is 6.07 Å². The molecule has 0 spiro atoms. The van der Waals surface area contributed by atoms with Gasteiger partial charge in [0, 0.05) is 11.6 Å². The smallest absolute Gasteiger partial charge is 0.352 e. The Labute approximate surface area is 83.3 Å². The monoisotopic (exact) mass is 212 g/mol. The molecule has 0 aliphatic heterocycles. The van der Waals surface area contributed by atoms with Crippen molar-refractivity contribution < 1.29 is 17.7 Å². The van der Waals surface area contributed by atoms with Crippen LogP contribution in [0.4, 0.5) is 13.2 Å². The summed E-state index contributed by atoms with van der Waals surface area (Å²) in [7, 11) is 0. The first kappa shape index (κ1) is 9.76.